The molecule has 0 radical (unpaired) electrons. The molecule has 4 aromatic carbocycles. The number of halogens is 5. The van der Waals surface area contributed by atoms with E-state index in [-0.39, 0.29) is 5.56 Å². The van der Waals surface area contributed by atoms with Gasteiger partial charge in [0.25, 0.3) is 0 Å². The summed E-state index contributed by atoms with van der Waals surface area (Å²) in [5, 5.41) is 2.30. The molecule has 0 aliphatic rings. The van der Waals surface area contributed by atoms with Gasteiger partial charge in [-0.05, 0) is 69.6 Å². The molecule has 4 aromatic rings. The van der Waals surface area contributed by atoms with Crippen molar-refractivity contribution in [1.82, 2.24) is 0 Å². The van der Waals surface area contributed by atoms with Gasteiger partial charge in [0.15, 0.2) is 11.6 Å². The van der Waals surface area contributed by atoms with Crippen molar-refractivity contribution >= 4 is 10.8 Å². The lowest BCUT2D eigenvalue weighted by Crippen LogP contribution is -2.19. The first-order valence-electron chi connectivity index (χ1n) is 12.1. The maximum Gasteiger partial charge on any atom is 0.573 e. The van der Waals surface area contributed by atoms with Gasteiger partial charge in [-0.3, -0.25) is 0 Å². The summed E-state index contributed by atoms with van der Waals surface area (Å²) in [5.74, 6) is -4.29. The molecule has 188 valence electrons. The number of alkyl halides is 3. The highest BCUT2D eigenvalue weighted by Gasteiger charge is 2.34. The molecule has 6 heteroatoms. The SMILES string of the molecule is CCCCCCCc1ccc2cc(-c3ccc(-c4cc(F)c(OC(F)(F)F)c(F)c4)cc3)ccc2c1. The summed E-state index contributed by atoms with van der Waals surface area (Å²) >= 11 is 0. The van der Waals surface area contributed by atoms with Crippen LogP contribution in [0.5, 0.6) is 5.75 Å². The Morgan fingerprint density at radius 3 is 1.81 bits per heavy atom. The second-order valence-electron chi connectivity index (χ2n) is 8.95. The van der Waals surface area contributed by atoms with E-state index in [0.29, 0.717) is 5.56 Å². The van der Waals surface area contributed by atoms with E-state index in [1.807, 2.05) is 18.2 Å². The maximum atomic E-state index is 14.1. The van der Waals surface area contributed by atoms with Crippen LogP contribution in [0.15, 0.2) is 72.8 Å². The van der Waals surface area contributed by atoms with Crippen molar-refractivity contribution in [3.8, 4) is 28.0 Å². The Labute approximate surface area is 207 Å². The first kappa shape index (κ1) is 25.7. The highest BCUT2D eigenvalue weighted by Crippen LogP contribution is 2.34. The number of unbranched alkanes of at least 4 members (excludes halogenated alkanes) is 4. The number of aryl methyl sites for hydroxylation is 1. The summed E-state index contributed by atoms with van der Waals surface area (Å²) in [4.78, 5) is 0. The summed E-state index contributed by atoms with van der Waals surface area (Å²) in [6.45, 7) is 2.22. The third-order valence-corrected chi connectivity index (χ3v) is 6.24. The van der Waals surface area contributed by atoms with Gasteiger partial charge in [-0.2, -0.15) is 0 Å². The van der Waals surface area contributed by atoms with Crippen molar-refractivity contribution in [3.05, 3.63) is 90.0 Å². The molecule has 36 heavy (non-hydrogen) atoms. The molecule has 0 bridgehead atoms. The average molecular weight is 499 g/mol. The van der Waals surface area contributed by atoms with Crippen LogP contribution in [0.3, 0.4) is 0 Å². The minimum absolute atomic E-state index is 0.117. The van der Waals surface area contributed by atoms with E-state index < -0.39 is 23.7 Å². The zero-order valence-electron chi connectivity index (χ0n) is 20.0. The molecule has 0 unspecified atom stereocenters. The molecule has 0 spiro atoms. The van der Waals surface area contributed by atoms with Crippen LogP contribution in [0.2, 0.25) is 0 Å². The standard InChI is InChI=1S/C30H27F5O/c1-2-3-4-5-6-7-20-8-9-25-17-24(15-14-23(25)16-20)21-10-12-22(13-11-21)26-18-27(31)29(28(32)19-26)36-30(33,34)35/h8-19H,2-7H2,1H3. The van der Waals surface area contributed by atoms with E-state index in [1.165, 1.54) is 43.1 Å². The van der Waals surface area contributed by atoms with E-state index in [9.17, 15) is 22.0 Å². The van der Waals surface area contributed by atoms with Crippen LogP contribution in [0, 0.1) is 11.6 Å². The lowest BCUT2D eigenvalue weighted by Gasteiger charge is -2.12. The molecule has 0 amide bonds. The summed E-state index contributed by atoms with van der Waals surface area (Å²) in [7, 11) is 0. The molecule has 4 rings (SSSR count). The summed E-state index contributed by atoms with van der Waals surface area (Å²) in [6, 6.07) is 21.4. The van der Waals surface area contributed by atoms with Gasteiger partial charge in [0.1, 0.15) is 0 Å². The largest absolute Gasteiger partial charge is 0.573 e. The van der Waals surface area contributed by atoms with Gasteiger partial charge in [-0.1, -0.05) is 87.2 Å². The average Bonchev–Trinajstić information content (AvgIpc) is 2.85. The first-order chi connectivity index (χ1) is 17.2. The molecule has 0 fully saturated rings. The molecule has 0 aliphatic heterocycles. The van der Waals surface area contributed by atoms with Crippen LogP contribution in [-0.2, 0) is 6.42 Å². The van der Waals surface area contributed by atoms with Crippen LogP contribution < -0.4 is 4.74 Å². The molecule has 0 aromatic heterocycles. The molecule has 0 saturated heterocycles. The van der Waals surface area contributed by atoms with Crippen molar-refractivity contribution in [2.75, 3.05) is 0 Å². The fourth-order valence-corrected chi connectivity index (χ4v) is 4.36. The molecule has 0 heterocycles. The highest BCUT2D eigenvalue weighted by atomic mass is 19.4. The van der Waals surface area contributed by atoms with E-state index in [1.54, 1.807) is 12.1 Å². The zero-order valence-corrected chi connectivity index (χ0v) is 20.0. The first-order valence-corrected chi connectivity index (χ1v) is 12.1. The van der Waals surface area contributed by atoms with E-state index in [4.69, 9.17) is 0 Å². The highest BCUT2D eigenvalue weighted by molar-refractivity contribution is 5.88. The van der Waals surface area contributed by atoms with Crippen LogP contribution in [0.4, 0.5) is 22.0 Å². The molecule has 1 nitrogen and oxygen atoms in total. The van der Waals surface area contributed by atoms with Gasteiger partial charge in [0.2, 0.25) is 5.75 Å². The van der Waals surface area contributed by atoms with Crippen LogP contribution in [-0.4, -0.2) is 6.36 Å². The number of ether oxygens (including phenoxy) is 1. The van der Waals surface area contributed by atoms with Crippen molar-refractivity contribution in [2.24, 2.45) is 0 Å². The monoisotopic (exact) mass is 498 g/mol. The van der Waals surface area contributed by atoms with E-state index in [2.05, 4.69) is 42.0 Å². The van der Waals surface area contributed by atoms with Crippen LogP contribution in [0.1, 0.15) is 44.6 Å². The number of fused-ring (bicyclic) bond motifs is 1. The van der Waals surface area contributed by atoms with Gasteiger partial charge in [-0.15, -0.1) is 13.2 Å². The smallest absolute Gasteiger partial charge is 0.399 e. The lowest BCUT2D eigenvalue weighted by atomic mass is 9.96. The Hall–Kier alpha value is -3.41. The van der Waals surface area contributed by atoms with Gasteiger partial charge < -0.3 is 4.74 Å². The Morgan fingerprint density at radius 1 is 0.611 bits per heavy atom. The summed E-state index contributed by atoms with van der Waals surface area (Å²) < 4.78 is 68.8. The Bertz CT molecular complexity index is 1300. The van der Waals surface area contributed by atoms with Crippen LogP contribution >= 0.6 is 0 Å². The Morgan fingerprint density at radius 2 is 1.17 bits per heavy atom. The maximum absolute atomic E-state index is 14.1. The molecule has 0 aliphatic carbocycles. The predicted molar refractivity (Wildman–Crippen MR) is 134 cm³/mol. The number of hydrogen-bond donors (Lipinski definition) is 0. The number of rotatable bonds is 9. The van der Waals surface area contributed by atoms with Gasteiger partial charge >= 0.3 is 6.36 Å². The topological polar surface area (TPSA) is 9.23 Å². The van der Waals surface area contributed by atoms with Crippen molar-refractivity contribution in [2.45, 2.75) is 51.8 Å². The fourth-order valence-electron chi connectivity index (χ4n) is 4.36. The third kappa shape index (κ3) is 6.42. The second kappa shape index (κ2) is 11.1. The predicted octanol–water partition coefficient (Wildman–Crippen LogP) is 9.86. The minimum atomic E-state index is -5.18. The normalized spacial score (nSPS) is 11.7. The quantitative estimate of drug-likeness (QED) is 0.165. The summed E-state index contributed by atoms with van der Waals surface area (Å²) in [5.41, 5.74) is 3.83. The van der Waals surface area contributed by atoms with E-state index in [0.717, 1.165) is 35.1 Å². The Kier molecular flexibility index (Phi) is 7.92. The number of benzene rings is 4. The van der Waals surface area contributed by atoms with Crippen molar-refractivity contribution in [1.29, 1.82) is 0 Å². The third-order valence-electron chi connectivity index (χ3n) is 6.24. The minimum Gasteiger partial charge on any atom is -0.399 e. The van der Waals surface area contributed by atoms with Gasteiger partial charge in [0, 0.05) is 0 Å². The van der Waals surface area contributed by atoms with Gasteiger partial charge in [0.05, 0.1) is 0 Å². The second-order valence-corrected chi connectivity index (χ2v) is 8.95. The zero-order chi connectivity index (χ0) is 25.7. The van der Waals surface area contributed by atoms with E-state index >= 15 is 0 Å². The van der Waals surface area contributed by atoms with Crippen molar-refractivity contribution < 1.29 is 26.7 Å². The molecular weight excluding hydrogens is 471 g/mol. The number of hydrogen-bond acceptors (Lipinski definition) is 1. The lowest BCUT2D eigenvalue weighted by molar-refractivity contribution is -0.276. The van der Waals surface area contributed by atoms with Gasteiger partial charge in [-0.25, -0.2) is 8.78 Å². The molecular formula is C30H27F5O. The van der Waals surface area contributed by atoms with Crippen LogP contribution in [0.25, 0.3) is 33.0 Å². The Balaban J connectivity index is 1.49. The summed E-state index contributed by atoms with van der Waals surface area (Å²) in [6.07, 6.45) is 2.17. The molecule has 0 N–H and O–H groups in total. The van der Waals surface area contributed by atoms with Crippen molar-refractivity contribution in [3.63, 3.8) is 0 Å². The molecule has 0 saturated carbocycles. The fraction of sp³-hybridized carbons (Fsp3) is 0.267. The molecule has 0 atom stereocenters.